The largest absolute Gasteiger partial charge is 0.350 e. The number of carbonyl (C=O) groups is 1. The fourth-order valence-electron chi connectivity index (χ4n) is 2.53. The van der Waals surface area contributed by atoms with E-state index in [0.29, 0.717) is 16.8 Å². The second-order valence-corrected chi connectivity index (χ2v) is 8.05. The standard InChI is InChI=1S/C19H24N2O3S/c1-14-13-17(11-12-18(14)21-25(3,23)24)19(22)20-15(2)9-10-16-7-5-4-6-8-16/h4-8,11-13,15,21H,9-10H2,1-3H3,(H,20,22)/t15-/m1/s1. The molecule has 2 aromatic rings. The Bertz CT molecular complexity index is 833. The first-order valence-electron chi connectivity index (χ1n) is 8.18. The zero-order chi connectivity index (χ0) is 18.4. The maximum atomic E-state index is 12.4. The fraction of sp³-hybridized carbons (Fsp3) is 0.316. The summed E-state index contributed by atoms with van der Waals surface area (Å²) in [6, 6.07) is 15.1. The van der Waals surface area contributed by atoms with E-state index in [4.69, 9.17) is 0 Å². The molecule has 0 saturated carbocycles. The first-order valence-corrected chi connectivity index (χ1v) is 10.1. The van der Waals surface area contributed by atoms with E-state index in [1.54, 1.807) is 25.1 Å². The highest BCUT2D eigenvalue weighted by Gasteiger charge is 2.12. The van der Waals surface area contributed by atoms with E-state index in [1.165, 1.54) is 5.56 Å². The second-order valence-electron chi connectivity index (χ2n) is 6.30. The zero-order valence-corrected chi connectivity index (χ0v) is 15.6. The van der Waals surface area contributed by atoms with Crippen molar-refractivity contribution in [2.75, 3.05) is 11.0 Å². The molecule has 0 fully saturated rings. The Morgan fingerprint density at radius 1 is 1.12 bits per heavy atom. The first-order chi connectivity index (χ1) is 11.7. The summed E-state index contributed by atoms with van der Waals surface area (Å²) in [6.07, 6.45) is 2.85. The third-order valence-electron chi connectivity index (χ3n) is 3.87. The lowest BCUT2D eigenvalue weighted by Crippen LogP contribution is -2.33. The minimum absolute atomic E-state index is 0.0434. The minimum atomic E-state index is -3.34. The molecule has 0 saturated heterocycles. The molecule has 2 aromatic carbocycles. The molecule has 0 heterocycles. The van der Waals surface area contributed by atoms with Gasteiger partial charge in [0.2, 0.25) is 10.0 Å². The number of benzene rings is 2. The molecule has 0 bridgehead atoms. The van der Waals surface area contributed by atoms with Gasteiger partial charge in [-0.05, 0) is 56.0 Å². The first kappa shape index (κ1) is 19.0. The monoisotopic (exact) mass is 360 g/mol. The van der Waals surface area contributed by atoms with Crippen LogP contribution >= 0.6 is 0 Å². The van der Waals surface area contributed by atoms with Crippen molar-refractivity contribution in [2.24, 2.45) is 0 Å². The van der Waals surface area contributed by atoms with Crippen LogP contribution in [-0.2, 0) is 16.4 Å². The van der Waals surface area contributed by atoms with Gasteiger partial charge in [-0.15, -0.1) is 0 Å². The van der Waals surface area contributed by atoms with Crippen molar-refractivity contribution in [3.63, 3.8) is 0 Å². The molecule has 0 aliphatic heterocycles. The van der Waals surface area contributed by atoms with Gasteiger partial charge in [-0.3, -0.25) is 9.52 Å². The van der Waals surface area contributed by atoms with Crippen molar-refractivity contribution in [1.82, 2.24) is 5.32 Å². The van der Waals surface area contributed by atoms with E-state index in [9.17, 15) is 13.2 Å². The number of amides is 1. The summed E-state index contributed by atoms with van der Waals surface area (Å²) in [5.41, 5.74) is 2.95. The van der Waals surface area contributed by atoms with E-state index in [-0.39, 0.29) is 11.9 Å². The van der Waals surface area contributed by atoms with Crippen molar-refractivity contribution >= 4 is 21.6 Å². The van der Waals surface area contributed by atoms with Crippen LogP contribution in [0.15, 0.2) is 48.5 Å². The number of carbonyl (C=O) groups excluding carboxylic acids is 1. The molecule has 1 amide bonds. The summed E-state index contributed by atoms with van der Waals surface area (Å²) in [5.74, 6) is -0.158. The highest BCUT2D eigenvalue weighted by Crippen LogP contribution is 2.18. The number of rotatable bonds is 7. The Hall–Kier alpha value is -2.34. The van der Waals surface area contributed by atoms with Crippen LogP contribution in [0.4, 0.5) is 5.69 Å². The van der Waals surface area contributed by atoms with E-state index in [0.717, 1.165) is 19.1 Å². The molecule has 0 aromatic heterocycles. The van der Waals surface area contributed by atoms with Crippen LogP contribution < -0.4 is 10.0 Å². The van der Waals surface area contributed by atoms with Gasteiger partial charge in [-0.25, -0.2) is 8.42 Å². The van der Waals surface area contributed by atoms with Crippen molar-refractivity contribution in [1.29, 1.82) is 0 Å². The third-order valence-corrected chi connectivity index (χ3v) is 4.46. The van der Waals surface area contributed by atoms with Crippen molar-refractivity contribution in [2.45, 2.75) is 32.7 Å². The lowest BCUT2D eigenvalue weighted by Gasteiger charge is -2.15. The number of hydrogen-bond acceptors (Lipinski definition) is 3. The number of nitrogens with one attached hydrogen (secondary N) is 2. The van der Waals surface area contributed by atoms with Crippen LogP contribution in [-0.4, -0.2) is 26.6 Å². The summed E-state index contributed by atoms with van der Waals surface area (Å²) in [7, 11) is -3.34. The van der Waals surface area contributed by atoms with Gasteiger partial charge in [0.25, 0.3) is 5.91 Å². The average molecular weight is 360 g/mol. The predicted octanol–water partition coefficient (Wildman–Crippen LogP) is 3.12. The van der Waals surface area contributed by atoms with Crippen LogP contribution in [0.25, 0.3) is 0 Å². The molecule has 0 aliphatic carbocycles. The van der Waals surface area contributed by atoms with Gasteiger partial charge >= 0.3 is 0 Å². The second kappa shape index (κ2) is 8.16. The van der Waals surface area contributed by atoms with Crippen molar-refractivity contribution in [3.05, 3.63) is 65.2 Å². The molecule has 1 atom stereocenters. The van der Waals surface area contributed by atoms with Gasteiger partial charge in [-0.2, -0.15) is 0 Å². The maximum absolute atomic E-state index is 12.4. The number of hydrogen-bond donors (Lipinski definition) is 2. The van der Waals surface area contributed by atoms with Crippen LogP contribution in [0.3, 0.4) is 0 Å². The molecule has 0 radical (unpaired) electrons. The van der Waals surface area contributed by atoms with Crippen LogP contribution in [0, 0.1) is 6.92 Å². The number of anilines is 1. The van der Waals surface area contributed by atoms with Gasteiger partial charge < -0.3 is 5.32 Å². The molecule has 25 heavy (non-hydrogen) atoms. The topological polar surface area (TPSA) is 75.3 Å². The van der Waals surface area contributed by atoms with Crippen LogP contribution in [0.2, 0.25) is 0 Å². The summed E-state index contributed by atoms with van der Waals surface area (Å²) in [4.78, 5) is 12.4. The van der Waals surface area contributed by atoms with Gasteiger partial charge in [0, 0.05) is 11.6 Å². The SMILES string of the molecule is Cc1cc(C(=O)N[C@H](C)CCc2ccccc2)ccc1NS(C)(=O)=O. The molecular formula is C19H24N2O3S. The Kier molecular flexibility index (Phi) is 6.20. The van der Waals surface area contributed by atoms with E-state index >= 15 is 0 Å². The molecule has 134 valence electrons. The highest BCUT2D eigenvalue weighted by atomic mass is 32.2. The Labute approximate surface area is 149 Å². The Morgan fingerprint density at radius 2 is 1.80 bits per heavy atom. The minimum Gasteiger partial charge on any atom is -0.350 e. The fourth-order valence-corrected chi connectivity index (χ4v) is 3.15. The lowest BCUT2D eigenvalue weighted by molar-refractivity contribution is 0.0938. The van der Waals surface area contributed by atoms with E-state index in [2.05, 4.69) is 22.2 Å². The molecule has 2 rings (SSSR count). The summed E-state index contributed by atoms with van der Waals surface area (Å²) >= 11 is 0. The molecule has 0 spiro atoms. The van der Waals surface area contributed by atoms with Gasteiger partial charge in [0.1, 0.15) is 0 Å². The Morgan fingerprint density at radius 3 is 2.40 bits per heavy atom. The van der Waals surface area contributed by atoms with Crippen LogP contribution in [0.1, 0.15) is 34.8 Å². The average Bonchev–Trinajstić information content (AvgIpc) is 2.54. The summed E-state index contributed by atoms with van der Waals surface area (Å²) < 4.78 is 25.1. The number of aryl methyl sites for hydroxylation is 2. The molecule has 2 N–H and O–H groups in total. The van der Waals surface area contributed by atoms with Crippen molar-refractivity contribution < 1.29 is 13.2 Å². The normalized spacial score (nSPS) is 12.4. The third kappa shape index (κ3) is 6.23. The van der Waals surface area contributed by atoms with Crippen LogP contribution in [0.5, 0.6) is 0 Å². The number of sulfonamides is 1. The summed E-state index contributed by atoms with van der Waals surface area (Å²) in [6.45, 7) is 3.75. The maximum Gasteiger partial charge on any atom is 0.251 e. The lowest BCUT2D eigenvalue weighted by atomic mass is 10.1. The van der Waals surface area contributed by atoms with E-state index < -0.39 is 10.0 Å². The van der Waals surface area contributed by atoms with Gasteiger partial charge in [0.05, 0.1) is 11.9 Å². The molecule has 6 heteroatoms. The quantitative estimate of drug-likeness (QED) is 0.796. The van der Waals surface area contributed by atoms with Crippen molar-refractivity contribution in [3.8, 4) is 0 Å². The molecular weight excluding hydrogens is 336 g/mol. The zero-order valence-electron chi connectivity index (χ0n) is 14.7. The van der Waals surface area contributed by atoms with Gasteiger partial charge in [-0.1, -0.05) is 30.3 Å². The predicted molar refractivity (Wildman–Crippen MR) is 101 cm³/mol. The molecule has 0 unspecified atom stereocenters. The van der Waals surface area contributed by atoms with E-state index in [1.807, 2.05) is 25.1 Å². The smallest absolute Gasteiger partial charge is 0.251 e. The van der Waals surface area contributed by atoms with Gasteiger partial charge in [0.15, 0.2) is 0 Å². The Balaban J connectivity index is 1.94. The molecule has 5 nitrogen and oxygen atoms in total. The molecule has 0 aliphatic rings. The highest BCUT2D eigenvalue weighted by molar-refractivity contribution is 7.92. The summed E-state index contributed by atoms with van der Waals surface area (Å²) in [5, 5.41) is 2.98.